The molecule has 2 unspecified atom stereocenters. The highest BCUT2D eigenvalue weighted by Gasteiger charge is 2.39. The van der Waals surface area contributed by atoms with Crippen molar-refractivity contribution in [3.63, 3.8) is 0 Å². The van der Waals surface area contributed by atoms with Gasteiger partial charge in [0.25, 0.3) is 0 Å². The number of amides is 1. The Hall–Kier alpha value is -1.39. The van der Waals surface area contributed by atoms with Gasteiger partial charge in [-0.3, -0.25) is 9.59 Å². The predicted octanol–water partition coefficient (Wildman–Crippen LogP) is 3.40. The van der Waals surface area contributed by atoms with Crippen molar-refractivity contribution in [2.75, 3.05) is 0 Å². The van der Waals surface area contributed by atoms with E-state index in [9.17, 15) is 9.59 Å². The lowest BCUT2D eigenvalue weighted by molar-refractivity contribution is -0.123. The molecule has 2 saturated carbocycles. The lowest BCUT2D eigenvalue weighted by Crippen LogP contribution is -2.53. The van der Waals surface area contributed by atoms with Gasteiger partial charge >= 0.3 is 0 Å². The van der Waals surface area contributed by atoms with Gasteiger partial charge in [-0.1, -0.05) is 36.2 Å². The van der Waals surface area contributed by atoms with Gasteiger partial charge in [-0.05, 0) is 44.4 Å². The van der Waals surface area contributed by atoms with E-state index in [4.69, 9.17) is 5.73 Å². The third kappa shape index (κ3) is 5.05. The first kappa shape index (κ1) is 19.9. The second-order valence-electron chi connectivity index (χ2n) is 7.57. The van der Waals surface area contributed by atoms with Gasteiger partial charge in [0.05, 0.1) is 0 Å². The van der Waals surface area contributed by atoms with Crippen LogP contribution in [0.3, 0.4) is 0 Å². The zero-order chi connectivity index (χ0) is 17.1. The molecule has 138 valence electrons. The first-order valence-corrected chi connectivity index (χ1v) is 9.17. The number of benzene rings is 1. The van der Waals surface area contributed by atoms with E-state index in [0.717, 1.165) is 31.2 Å². The summed E-state index contributed by atoms with van der Waals surface area (Å²) in [6.07, 6.45) is 6.16. The van der Waals surface area contributed by atoms with Crippen LogP contribution in [0, 0.1) is 18.8 Å². The van der Waals surface area contributed by atoms with Crippen LogP contribution >= 0.6 is 12.4 Å². The summed E-state index contributed by atoms with van der Waals surface area (Å²) in [6, 6.07) is 8.09. The molecule has 25 heavy (non-hydrogen) atoms. The SMILES string of the molecule is Cc1ccc(C(=O)CCC(=O)NC2C3CCCC2CC(N)C3)cc1.Cl. The lowest BCUT2D eigenvalue weighted by atomic mass is 9.67. The van der Waals surface area contributed by atoms with Crippen LogP contribution in [-0.2, 0) is 4.79 Å². The molecule has 3 rings (SSSR count). The molecule has 5 heteroatoms. The Kier molecular flexibility index (Phi) is 7.03. The average Bonchev–Trinajstić information content (AvgIpc) is 2.54. The molecule has 0 radical (unpaired) electrons. The average molecular weight is 365 g/mol. The van der Waals surface area contributed by atoms with Crippen molar-refractivity contribution in [2.45, 2.75) is 64.0 Å². The zero-order valence-corrected chi connectivity index (χ0v) is 15.7. The lowest BCUT2D eigenvalue weighted by Gasteiger charge is -2.45. The normalized spacial score (nSPS) is 27.9. The highest BCUT2D eigenvalue weighted by atomic mass is 35.5. The number of nitrogens with two attached hydrogens (primary N) is 1. The summed E-state index contributed by atoms with van der Waals surface area (Å²) in [5.74, 6) is 1.08. The number of nitrogens with one attached hydrogen (secondary N) is 1. The molecule has 0 spiro atoms. The van der Waals surface area contributed by atoms with Crippen molar-refractivity contribution in [3.05, 3.63) is 35.4 Å². The van der Waals surface area contributed by atoms with Crippen LogP contribution in [0.1, 0.15) is 60.9 Å². The van der Waals surface area contributed by atoms with Gasteiger partial charge in [-0.25, -0.2) is 0 Å². The smallest absolute Gasteiger partial charge is 0.220 e. The molecule has 2 aliphatic carbocycles. The molecule has 0 saturated heterocycles. The minimum Gasteiger partial charge on any atom is -0.353 e. The summed E-state index contributed by atoms with van der Waals surface area (Å²) in [5, 5.41) is 3.21. The van der Waals surface area contributed by atoms with E-state index in [2.05, 4.69) is 5.32 Å². The van der Waals surface area contributed by atoms with Crippen LogP contribution in [0.2, 0.25) is 0 Å². The second-order valence-corrected chi connectivity index (χ2v) is 7.57. The van der Waals surface area contributed by atoms with Crippen molar-refractivity contribution in [1.29, 1.82) is 0 Å². The molecular formula is C20H29ClN2O2. The Morgan fingerprint density at radius 1 is 1.08 bits per heavy atom. The Morgan fingerprint density at radius 2 is 1.68 bits per heavy atom. The van der Waals surface area contributed by atoms with Crippen LogP contribution in [0.4, 0.5) is 0 Å². The number of carbonyl (C=O) groups excluding carboxylic acids is 2. The highest BCUT2D eigenvalue weighted by molar-refractivity contribution is 5.98. The summed E-state index contributed by atoms with van der Waals surface area (Å²) in [5.41, 5.74) is 7.95. The number of halogens is 1. The van der Waals surface area contributed by atoms with Crippen molar-refractivity contribution in [2.24, 2.45) is 17.6 Å². The molecule has 0 heterocycles. The molecule has 1 aromatic rings. The minimum absolute atomic E-state index is 0. The number of fused-ring (bicyclic) bond motifs is 2. The van der Waals surface area contributed by atoms with Crippen LogP contribution < -0.4 is 11.1 Å². The van der Waals surface area contributed by atoms with Gasteiger partial charge in [0.1, 0.15) is 0 Å². The largest absolute Gasteiger partial charge is 0.353 e. The maximum absolute atomic E-state index is 12.3. The van der Waals surface area contributed by atoms with E-state index in [0.29, 0.717) is 17.4 Å². The topological polar surface area (TPSA) is 72.2 Å². The van der Waals surface area contributed by atoms with E-state index in [1.54, 1.807) is 0 Å². The van der Waals surface area contributed by atoms with Crippen molar-refractivity contribution < 1.29 is 9.59 Å². The number of aryl methyl sites for hydroxylation is 1. The first-order valence-electron chi connectivity index (χ1n) is 9.17. The van der Waals surface area contributed by atoms with E-state index in [-0.39, 0.29) is 49.0 Å². The molecule has 2 bridgehead atoms. The molecular weight excluding hydrogens is 336 g/mol. The summed E-state index contributed by atoms with van der Waals surface area (Å²) in [6.45, 7) is 1.99. The number of Topliss-reactive ketones (excluding diaryl/α,β-unsaturated/α-hetero) is 1. The van der Waals surface area contributed by atoms with Gasteiger partial charge < -0.3 is 11.1 Å². The Bertz CT molecular complexity index is 588. The highest BCUT2D eigenvalue weighted by Crippen LogP contribution is 2.39. The zero-order valence-electron chi connectivity index (χ0n) is 14.9. The monoisotopic (exact) mass is 364 g/mol. The molecule has 0 aliphatic heterocycles. The van der Waals surface area contributed by atoms with Crippen LogP contribution in [0.25, 0.3) is 0 Å². The van der Waals surface area contributed by atoms with Crippen LogP contribution in [0.5, 0.6) is 0 Å². The fraction of sp³-hybridized carbons (Fsp3) is 0.600. The van der Waals surface area contributed by atoms with E-state index in [1.165, 1.54) is 6.42 Å². The molecule has 2 atom stereocenters. The van der Waals surface area contributed by atoms with Crippen LogP contribution in [-0.4, -0.2) is 23.8 Å². The number of carbonyl (C=O) groups is 2. The molecule has 1 amide bonds. The summed E-state index contributed by atoms with van der Waals surface area (Å²) >= 11 is 0. The van der Waals surface area contributed by atoms with Crippen LogP contribution in [0.15, 0.2) is 24.3 Å². The number of hydrogen-bond donors (Lipinski definition) is 2. The first-order chi connectivity index (χ1) is 11.5. The maximum Gasteiger partial charge on any atom is 0.220 e. The van der Waals surface area contributed by atoms with Gasteiger partial charge in [0.15, 0.2) is 5.78 Å². The number of rotatable bonds is 5. The van der Waals surface area contributed by atoms with Gasteiger partial charge in [0, 0.05) is 30.5 Å². The van der Waals surface area contributed by atoms with Gasteiger partial charge in [0.2, 0.25) is 5.91 Å². The van der Waals surface area contributed by atoms with E-state index in [1.807, 2.05) is 31.2 Å². The number of hydrogen-bond acceptors (Lipinski definition) is 3. The molecule has 2 aliphatic rings. The molecule has 3 N–H and O–H groups in total. The van der Waals surface area contributed by atoms with Gasteiger partial charge in [-0.2, -0.15) is 0 Å². The fourth-order valence-electron chi connectivity index (χ4n) is 4.39. The summed E-state index contributed by atoms with van der Waals surface area (Å²) in [4.78, 5) is 24.5. The third-order valence-corrected chi connectivity index (χ3v) is 5.66. The molecule has 1 aromatic carbocycles. The fourth-order valence-corrected chi connectivity index (χ4v) is 4.39. The Labute approximate surface area is 156 Å². The maximum atomic E-state index is 12.3. The van der Waals surface area contributed by atoms with E-state index < -0.39 is 0 Å². The second kappa shape index (κ2) is 8.81. The minimum atomic E-state index is 0. The predicted molar refractivity (Wildman–Crippen MR) is 102 cm³/mol. The van der Waals surface area contributed by atoms with E-state index >= 15 is 0 Å². The molecule has 4 nitrogen and oxygen atoms in total. The van der Waals surface area contributed by atoms with Gasteiger partial charge in [-0.15, -0.1) is 12.4 Å². The summed E-state index contributed by atoms with van der Waals surface area (Å²) < 4.78 is 0. The van der Waals surface area contributed by atoms with Crippen molar-refractivity contribution in [3.8, 4) is 0 Å². The standard InChI is InChI=1S/C20H28N2O2.ClH/c1-13-5-7-14(8-6-13)18(23)9-10-19(24)22-20-15-3-2-4-16(20)12-17(21)11-15;/h5-8,15-17,20H,2-4,9-12,21H2,1H3,(H,22,24);1H. The molecule has 0 aromatic heterocycles. The van der Waals surface area contributed by atoms with Crippen molar-refractivity contribution in [1.82, 2.24) is 5.32 Å². The van der Waals surface area contributed by atoms with Crippen molar-refractivity contribution >= 4 is 24.1 Å². The Morgan fingerprint density at radius 3 is 2.28 bits per heavy atom. The molecule has 2 fully saturated rings. The quantitative estimate of drug-likeness (QED) is 0.786. The number of ketones is 1. The third-order valence-electron chi connectivity index (χ3n) is 5.66. The Balaban J connectivity index is 0.00000225. The summed E-state index contributed by atoms with van der Waals surface area (Å²) in [7, 11) is 0.